The van der Waals surface area contributed by atoms with Crippen LogP contribution in [-0.2, 0) is 4.74 Å². The van der Waals surface area contributed by atoms with Gasteiger partial charge in [-0.15, -0.1) is 0 Å². The van der Waals surface area contributed by atoms with E-state index in [1.807, 2.05) is 13.0 Å². The molecule has 1 saturated heterocycles. The zero-order valence-corrected chi connectivity index (χ0v) is 18.8. The Labute approximate surface area is 192 Å². The smallest absolute Gasteiger partial charge is 0.201 e. The van der Waals surface area contributed by atoms with Gasteiger partial charge in [-0.1, -0.05) is 48.6 Å². The quantitative estimate of drug-likeness (QED) is 0.357. The van der Waals surface area contributed by atoms with Gasteiger partial charge in [-0.3, -0.25) is 0 Å². The summed E-state index contributed by atoms with van der Waals surface area (Å²) in [6.07, 6.45) is 5.68. The zero-order valence-electron chi connectivity index (χ0n) is 18.8. The van der Waals surface area contributed by atoms with E-state index in [9.17, 15) is 13.2 Å². The van der Waals surface area contributed by atoms with Gasteiger partial charge in [-0.05, 0) is 61.6 Å². The highest BCUT2D eigenvalue weighted by Gasteiger charge is 2.21. The Kier molecular flexibility index (Phi) is 7.19. The highest BCUT2D eigenvalue weighted by atomic mass is 19.2. The second-order valence-electron chi connectivity index (χ2n) is 8.35. The first-order valence-electron chi connectivity index (χ1n) is 11.2. The molecule has 0 N–H and O–H groups in total. The first-order chi connectivity index (χ1) is 16.0. The number of halogens is 3. The molecule has 2 unspecified atom stereocenters. The minimum Gasteiger partial charge on any atom is -0.486 e. The van der Waals surface area contributed by atoms with Crippen LogP contribution in [0.4, 0.5) is 13.2 Å². The maximum Gasteiger partial charge on any atom is 0.201 e. The van der Waals surface area contributed by atoms with Crippen molar-refractivity contribution in [3.63, 3.8) is 0 Å². The first-order valence-corrected chi connectivity index (χ1v) is 11.2. The molecule has 0 amide bonds. The van der Waals surface area contributed by atoms with E-state index >= 15 is 0 Å². The lowest BCUT2D eigenvalue weighted by atomic mass is 9.90. The van der Waals surface area contributed by atoms with Crippen molar-refractivity contribution in [1.29, 1.82) is 0 Å². The maximum absolute atomic E-state index is 14.9. The molecule has 0 bridgehead atoms. The molecular formula is C28H27F3O2. The van der Waals surface area contributed by atoms with Crippen LogP contribution < -0.4 is 4.74 Å². The lowest BCUT2D eigenvalue weighted by Crippen LogP contribution is -2.22. The summed E-state index contributed by atoms with van der Waals surface area (Å²) in [4.78, 5) is 0. The zero-order chi connectivity index (χ0) is 23.4. The molecule has 2 atom stereocenters. The summed E-state index contributed by atoms with van der Waals surface area (Å²) in [5, 5.41) is 0. The lowest BCUT2D eigenvalue weighted by Gasteiger charge is -2.27. The Hall–Kier alpha value is -3.05. The SMILES string of the molecule is C/C=C/COc1ccc(-c2ccc(-c3ccc(C4CCC(C)OC4)cc3F)cc2)c(F)c1F. The molecule has 5 heteroatoms. The molecule has 0 aliphatic carbocycles. The minimum atomic E-state index is -1.02. The molecule has 1 fully saturated rings. The van der Waals surface area contributed by atoms with Gasteiger partial charge in [-0.2, -0.15) is 4.39 Å². The summed E-state index contributed by atoms with van der Waals surface area (Å²) in [5.41, 5.74) is 2.70. The molecule has 0 radical (unpaired) electrons. The van der Waals surface area contributed by atoms with Gasteiger partial charge >= 0.3 is 0 Å². The van der Waals surface area contributed by atoms with Crippen molar-refractivity contribution in [2.75, 3.05) is 13.2 Å². The van der Waals surface area contributed by atoms with Gasteiger partial charge in [0.05, 0.1) is 12.7 Å². The van der Waals surface area contributed by atoms with Crippen molar-refractivity contribution >= 4 is 0 Å². The van der Waals surface area contributed by atoms with Crippen molar-refractivity contribution in [3.05, 3.63) is 89.8 Å². The van der Waals surface area contributed by atoms with Gasteiger partial charge < -0.3 is 9.47 Å². The van der Waals surface area contributed by atoms with E-state index in [1.165, 1.54) is 12.1 Å². The van der Waals surface area contributed by atoms with E-state index in [2.05, 4.69) is 6.92 Å². The average molecular weight is 453 g/mol. The van der Waals surface area contributed by atoms with E-state index in [0.717, 1.165) is 18.4 Å². The fourth-order valence-corrected chi connectivity index (χ4v) is 4.09. The van der Waals surface area contributed by atoms with Gasteiger partial charge in [0.1, 0.15) is 12.4 Å². The van der Waals surface area contributed by atoms with Crippen LogP contribution in [0.2, 0.25) is 0 Å². The van der Waals surface area contributed by atoms with E-state index in [-0.39, 0.29) is 35.8 Å². The standard InChI is InChI=1S/C28H27F3O2/c1-3-4-15-32-26-14-13-24(27(30)28(26)31)20-9-7-19(8-10-20)23-12-11-21(16-25(23)29)22-6-5-18(2)33-17-22/h3-4,7-14,16,18,22H,5-6,15,17H2,1-2H3/b4-3+. The van der Waals surface area contributed by atoms with E-state index < -0.39 is 11.6 Å². The Morgan fingerprint density at radius 3 is 2.24 bits per heavy atom. The fraction of sp³-hybridized carbons (Fsp3) is 0.286. The summed E-state index contributed by atoms with van der Waals surface area (Å²) < 4.78 is 54.9. The number of benzene rings is 3. The molecule has 0 spiro atoms. The van der Waals surface area contributed by atoms with Crippen molar-refractivity contribution in [3.8, 4) is 28.0 Å². The molecule has 172 valence electrons. The van der Waals surface area contributed by atoms with Crippen LogP contribution in [0.5, 0.6) is 5.75 Å². The second-order valence-corrected chi connectivity index (χ2v) is 8.35. The molecule has 0 aromatic heterocycles. The largest absolute Gasteiger partial charge is 0.486 e. The number of allylic oxidation sites excluding steroid dienone is 1. The van der Waals surface area contributed by atoms with Crippen molar-refractivity contribution in [2.24, 2.45) is 0 Å². The highest BCUT2D eigenvalue weighted by molar-refractivity contribution is 5.71. The van der Waals surface area contributed by atoms with Gasteiger partial charge in [0.2, 0.25) is 5.82 Å². The van der Waals surface area contributed by atoms with E-state index in [1.54, 1.807) is 48.6 Å². The maximum atomic E-state index is 14.9. The number of rotatable bonds is 6. The molecule has 3 aromatic rings. The molecule has 1 aliphatic heterocycles. The van der Waals surface area contributed by atoms with Gasteiger partial charge in [0, 0.05) is 17.0 Å². The first kappa shape index (κ1) is 23.1. The van der Waals surface area contributed by atoms with Gasteiger partial charge in [0.15, 0.2) is 11.6 Å². The van der Waals surface area contributed by atoms with Crippen LogP contribution in [0.15, 0.2) is 66.7 Å². The van der Waals surface area contributed by atoms with Crippen LogP contribution in [0.3, 0.4) is 0 Å². The number of hydrogen-bond acceptors (Lipinski definition) is 2. The molecule has 1 heterocycles. The lowest BCUT2D eigenvalue weighted by molar-refractivity contribution is 0.0154. The molecule has 4 rings (SSSR count). The normalized spacial score (nSPS) is 18.6. The number of hydrogen-bond donors (Lipinski definition) is 0. The Bertz CT molecular complexity index is 1130. The van der Waals surface area contributed by atoms with Crippen LogP contribution in [0.25, 0.3) is 22.3 Å². The molecular weight excluding hydrogens is 425 g/mol. The molecule has 0 saturated carbocycles. The Morgan fingerprint density at radius 1 is 0.909 bits per heavy atom. The molecule has 1 aliphatic rings. The summed E-state index contributed by atoms with van der Waals surface area (Å²) in [6.45, 7) is 4.64. The Balaban J connectivity index is 1.53. The third-order valence-corrected chi connectivity index (χ3v) is 6.09. The van der Waals surface area contributed by atoms with Crippen molar-refractivity contribution in [1.82, 2.24) is 0 Å². The summed E-state index contributed by atoms with van der Waals surface area (Å²) in [5.74, 6) is -2.23. The van der Waals surface area contributed by atoms with Crippen LogP contribution in [0.1, 0.15) is 38.2 Å². The van der Waals surface area contributed by atoms with Crippen LogP contribution >= 0.6 is 0 Å². The molecule has 33 heavy (non-hydrogen) atoms. The van der Waals surface area contributed by atoms with E-state index in [4.69, 9.17) is 9.47 Å². The van der Waals surface area contributed by atoms with Gasteiger partial charge in [0.25, 0.3) is 0 Å². The summed E-state index contributed by atoms with van der Waals surface area (Å²) in [6, 6.07) is 15.0. The fourth-order valence-electron chi connectivity index (χ4n) is 4.09. The topological polar surface area (TPSA) is 18.5 Å². The van der Waals surface area contributed by atoms with Crippen LogP contribution in [-0.4, -0.2) is 19.3 Å². The van der Waals surface area contributed by atoms with Crippen LogP contribution in [0, 0.1) is 17.5 Å². The average Bonchev–Trinajstić information content (AvgIpc) is 2.83. The molecule has 3 aromatic carbocycles. The Morgan fingerprint density at radius 2 is 1.61 bits per heavy atom. The monoisotopic (exact) mass is 452 g/mol. The predicted molar refractivity (Wildman–Crippen MR) is 125 cm³/mol. The predicted octanol–water partition coefficient (Wildman–Crippen LogP) is 7.68. The van der Waals surface area contributed by atoms with Crippen molar-refractivity contribution < 1.29 is 22.6 Å². The number of ether oxygens (including phenoxy) is 2. The van der Waals surface area contributed by atoms with Gasteiger partial charge in [-0.25, -0.2) is 8.78 Å². The summed E-state index contributed by atoms with van der Waals surface area (Å²) in [7, 11) is 0. The summed E-state index contributed by atoms with van der Waals surface area (Å²) >= 11 is 0. The third kappa shape index (κ3) is 5.14. The second kappa shape index (κ2) is 10.3. The third-order valence-electron chi connectivity index (χ3n) is 6.09. The molecule has 2 nitrogen and oxygen atoms in total. The van der Waals surface area contributed by atoms with Crippen molar-refractivity contribution in [2.45, 2.75) is 38.7 Å². The van der Waals surface area contributed by atoms with E-state index in [0.29, 0.717) is 23.3 Å². The highest BCUT2D eigenvalue weighted by Crippen LogP contribution is 2.34. The minimum absolute atomic E-state index is 0.125.